The first-order valence-corrected chi connectivity index (χ1v) is 9.01. The van der Waals surface area contributed by atoms with Gasteiger partial charge in [0.1, 0.15) is 5.82 Å². The smallest absolute Gasteiger partial charge is 0.279 e. The van der Waals surface area contributed by atoms with E-state index in [0.717, 1.165) is 32.1 Å². The maximum absolute atomic E-state index is 13.6. The van der Waals surface area contributed by atoms with Crippen molar-refractivity contribution < 1.29 is 17.9 Å². The molecule has 1 saturated carbocycles. The Balaban J connectivity index is 1.95. The molecule has 1 aliphatic rings. The van der Waals surface area contributed by atoms with Gasteiger partial charge in [0.15, 0.2) is 0 Å². The highest BCUT2D eigenvalue weighted by molar-refractivity contribution is 7.87. The summed E-state index contributed by atoms with van der Waals surface area (Å²) in [6.45, 7) is -0.250. The Hall–Kier alpha value is -1.02. The molecule has 1 fully saturated rings. The van der Waals surface area contributed by atoms with Crippen LogP contribution in [-0.4, -0.2) is 37.5 Å². The fraction of sp³-hybridized carbons (Fsp3) is 0.600. The van der Waals surface area contributed by atoms with Crippen LogP contribution in [0, 0.1) is 5.82 Å². The van der Waals surface area contributed by atoms with Crippen LogP contribution in [0.3, 0.4) is 0 Å². The minimum Gasteiger partial charge on any atom is -0.387 e. The first-order valence-electron chi connectivity index (χ1n) is 7.57. The summed E-state index contributed by atoms with van der Waals surface area (Å²) in [5, 5.41) is 9.97. The summed E-state index contributed by atoms with van der Waals surface area (Å²) in [6.07, 6.45) is 3.70. The first kappa shape index (κ1) is 17.3. The second-order valence-corrected chi connectivity index (χ2v) is 7.51. The molecule has 0 aromatic heterocycles. The largest absolute Gasteiger partial charge is 0.387 e. The molecule has 1 aromatic rings. The Kier molecular flexibility index (Phi) is 5.91. The number of hydrogen-bond donors (Lipinski definition) is 2. The molecule has 1 aliphatic carbocycles. The van der Waals surface area contributed by atoms with Crippen LogP contribution in [-0.2, 0) is 10.2 Å². The standard InChI is InChI=1S/C15H23FN2O3S/c1-18(12-7-3-2-4-8-12)22(20,21)17-11-15(19)13-9-5-6-10-14(13)16/h5-6,9-10,12,15,17,19H,2-4,7-8,11H2,1H3. The molecule has 2 N–H and O–H groups in total. The monoisotopic (exact) mass is 330 g/mol. The highest BCUT2D eigenvalue weighted by Crippen LogP contribution is 2.23. The van der Waals surface area contributed by atoms with E-state index in [4.69, 9.17) is 0 Å². The number of aliphatic hydroxyl groups is 1. The molecule has 0 bridgehead atoms. The van der Waals surface area contributed by atoms with Crippen LogP contribution in [0.2, 0.25) is 0 Å². The van der Waals surface area contributed by atoms with Crippen LogP contribution in [0.15, 0.2) is 24.3 Å². The number of rotatable bonds is 6. The molecule has 0 radical (unpaired) electrons. The molecule has 0 aliphatic heterocycles. The van der Waals surface area contributed by atoms with Crippen LogP contribution in [0.1, 0.15) is 43.8 Å². The Labute approximate surface area is 131 Å². The summed E-state index contributed by atoms with van der Waals surface area (Å²) < 4.78 is 41.8. The molecule has 1 aromatic carbocycles. The van der Waals surface area contributed by atoms with Crippen molar-refractivity contribution in [2.45, 2.75) is 44.2 Å². The fourth-order valence-electron chi connectivity index (χ4n) is 2.78. The van der Waals surface area contributed by atoms with E-state index < -0.39 is 22.1 Å². The topological polar surface area (TPSA) is 69.6 Å². The van der Waals surface area contributed by atoms with Gasteiger partial charge in [-0.2, -0.15) is 17.4 Å². The summed E-state index contributed by atoms with van der Waals surface area (Å²) in [5.41, 5.74) is 0.0884. The zero-order valence-electron chi connectivity index (χ0n) is 12.7. The van der Waals surface area contributed by atoms with Gasteiger partial charge in [-0.25, -0.2) is 4.39 Å². The number of benzene rings is 1. The summed E-state index contributed by atoms with van der Waals surface area (Å²) in [7, 11) is -2.13. The van der Waals surface area contributed by atoms with Crippen molar-refractivity contribution in [3.05, 3.63) is 35.6 Å². The SMILES string of the molecule is CN(C1CCCCC1)S(=O)(=O)NCC(O)c1ccccc1F. The van der Waals surface area contributed by atoms with Crippen LogP contribution in [0.25, 0.3) is 0 Å². The van der Waals surface area contributed by atoms with Gasteiger partial charge in [0.05, 0.1) is 6.10 Å². The highest BCUT2D eigenvalue weighted by atomic mass is 32.2. The molecule has 5 nitrogen and oxygen atoms in total. The minimum atomic E-state index is -3.67. The van der Waals surface area contributed by atoms with Crippen LogP contribution >= 0.6 is 0 Å². The summed E-state index contributed by atoms with van der Waals surface area (Å²) in [5.74, 6) is -0.546. The second-order valence-electron chi connectivity index (χ2n) is 5.70. The van der Waals surface area contributed by atoms with Crippen LogP contribution in [0.4, 0.5) is 4.39 Å². The maximum atomic E-state index is 13.6. The van der Waals surface area contributed by atoms with E-state index in [1.165, 1.54) is 22.5 Å². The summed E-state index contributed by atoms with van der Waals surface area (Å²) >= 11 is 0. The van der Waals surface area contributed by atoms with Gasteiger partial charge < -0.3 is 5.11 Å². The van der Waals surface area contributed by atoms with Crippen molar-refractivity contribution in [1.82, 2.24) is 9.03 Å². The van der Waals surface area contributed by atoms with E-state index >= 15 is 0 Å². The molecule has 124 valence electrons. The fourth-order valence-corrected chi connectivity index (χ4v) is 3.96. The lowest BCUT2D eigenvalue weighted by Crippen LogP contribution is -2.45. The molecule has 0 amide bonds. The Bertz CT molecular complexity index is 588. The third kappa shape index (κ3) is 4.25. The van der Waals surface area contributed by atoms with E-state index in [2.05, 4.69) is 4.72 Å². The van der Waals surface area contributed by atoms with Gasteiger partial charge in [-0.3, -0.25) is 0 Å². The third-order valence-corrected chi connectivity index (χ3v) is 5.78. The Morgan fingerprint density at radius 1 is 1.32 bits per heavy atom. The molecular weight excluding hydrogens is 307 g/mol. The highest BCUT2D eigenvalue weighted by Gasteiger charge is 2.28. The predicted molar refractivity (Wildman–Crippen MR) is 82.9 cm³/mol. The average molecular weight is 330 g/mol. The van der Waals surface area contributed by atoms with Crippen LogP contribution in [0.5, 0.6) is 0 Å². The molecular formula is C15H23FN2O3S. The van der Waals surface area contributed by atoms with Gasteiger partial charge in [-0.05, 0) is 18.9 Å². The van der Waals surface area contributed by atoms with E-state index in [1.807, 2.05) is 0 Å². The third-order valence-electron chi connectivity index (χ3n) is 4.19. The van der Waals surface area contributed by atoms with Crippen molar-refractivity contribution in [2.24, 2.45) is 0 Å². The molecule has 7 heteroatoms. The minimum absolute atomic E-state index is 0.00291. The average Bonchev–Trinajstić information content (AvgIpc) is 2.53. The van der Waals surface area contributed by atoms with Crippen molar-refractivity contribution in [1.29, 1.82) is 0 Å². The van der Waals surface area contributed by atoms with E-state index in [-0.39, 0.29) is 18.2 Å². The Morgan fingerprint density at radius 3 is 2.59 bits per heavy atom. The number of aliphatic hydroxyl groups excluding tert-OH is 1. The van der Waals surface area contributed by atoms with Crippen LogP contribution < -0.4 is 4.72 Å². The van der Waals surface area contributed by atoms with Gasteiger partial charge in [-0.1, -0.05) is 37.5 Å². The van der Waals surface area contributed by atoms with Gasteiger partial charge >= 0.3 is 0 Å². The summed E-state index contributed by atoms with van der Waals surface area (Å²) in [6, 6.07) is 5.80. The molecule has 0 spiro atoms. The van der Waals surface area contributed by atoms with Gasteiger partial charge in [-0.15, -0.1) is 0 Å². The maximum Gasteiger partial charge on any atom is 0.279 e. The van der Waals surface area contributed by atoms with Gasteiger partial charge in [0.2, 0.25) is 0 Å². The first-order chi connectivity index (χ1) is 10.4. The van der Waals surface area contributed by atoms with Crippen molar-refractivity contribution in [3.63, 3.8) is 0 Å². The molecule has 1 unspecified atom stereocenters. The van der Waals surface area contributed by atoms with Crippen molar-refractivity contribution in [3.8, 4) is 0 Å². The Morgan fingerprint density at radius 2 is 1.95 bits per heavy atom. The van der Waals surface area contributed by atoms with Gasteiger partial charge in [0, 0.05) is 25.2 Å². The lowest BCUT2D eigenvalue weighted by molar-refractivity contribution is 0.175. The van der Waals surface area contributed by atoms with E-state index in [1.54, 1.807) is 13.1 Å². The molecule has 0 saturated heterocycles. The number of halogens is 1. The lowest BCUT2D eigenvalue weighted by atomic mass is 9.96. The molecule has 1 atom stereocenters. The molecule has 22 heavy (non-hydrogen) atoms. The van der Waals surface area contributed by atoms with Gasteiger partial charge in [0.25, 0.3) is 10.2 Å². The molecule has 2 rings (SSSR count). The predicted octanol–water partition coefficient (Wildman–Crippen LogP) is 1.96. The second kappa shape index (κ2) is 7.50. The number of nitrogens with one attached hydrogen (secondary N) is 1. The lowest BCUT2D eigenvalue weighted by Gasteiger charge is -2.30. The molecule has 0 heterocycles. The van der Waals surface area contributed by atoms with E-state index in [9.17, 15) is 17.9 Å². The number of hydrogen-bond acceptors (Lipinski definition) is 3. The zero-order chi connectivity index (χ0) is 16.2. The quantitative estimate of drug-likeness (QED) is 0.838. The zero-order valence-corrected chi connectivity index (χ0v) is 13.5. The van der Waals surface area contributed by atoms with E-state index in [0.29, 0.717) is 0 Å². The van der Waals surface area contributed by atoms with Crippen molar-refractivity contribution >= 4 is 10.2 Å². The summed E-state index contributed by atoms with van der Waals surface area (Å²) in [4.78, 5) is 0. The normalized spacial score (nSPS) is 18.5. The van der Waals surface area contributed by atoms with Crippen molar-refractivity contribution in [2.75, 3.05) is 13.6 Å². The number of nitrogens with zero attached hydrogens (tertiary/aromatic N) is 1.